The maximum absolute atomic E-state index is 11.8. The zero-order valence-electron chi connectivity index (χ0n) is 9.07. The van der Waals surface area contributed by atoms with Crippen LogP contribution >= 0.6 is 11.6 Å². The predicted octanol–water partition coefficient (Wildman–Crippen LogP) is 1.12. The van der Waals surface area contributed by atoms with Gasteiger partial charge in [0.15, 0.2) is 0 Å². The first-order valence-electron chi connectivity index (χ1n) is 4.55. The summed E-state index contributed by atoms with van der Waals surface area (Å²) in [5, 5.41) is 0.324. The number of hydrogen-bond donors (Lipinski definition) is 1. The standard InChI is InChI=1S/C10H13ClN2O2S/c1-13(2)10(14)6-16(15)9-4-3-7(12)5-8(9)11/h3-5H,6,12H2,1-2H3. The molecule has 0 spiro atoms. The number of nitrogen functional groups attached to an aromatic ring is 1. The Labute approximate surface area is 102 Å². The van der Waals surface area contributed by atoms with Gasteiger partial charge in [0.2, 0.25) is 5.91 Å². The van der Waals surface area contributed by atoms with Crippen molar-refractivity contribution in [3.8, 4) is 0 Å². The van der Waals surface area contributed by atoms with Crippen LogP contribution in [0.1, 0.15) is 0 Å². The minimum Gasteiger partial charge on any atom is -0.399 e. The first kappa shape index (κ1) is 13.0. The molecule has 1 atom stereocenters. The predicted molar refractivity (Wildman–Crippen MR) is 65.8 cm³/mol. The fraction of sp³-hybridized carbons (Fsp3) is 0.300. The summed E-state index contributed by atoms with van der Waals surface area (Å²) in [6.07, 6.45) is 0. The molecule has 1 aromatic carbocycles. The molecule has 0 heterocycles. The average molecular weight is 261 g/mol. The molecule has 0 radical (unpaired) electrons. The average Bonchev–Trinajstić information content (AvgIpc) is 2.16. The first-order valence-corrected chi connectivity index (χ1v) is 6.25. The number of anilines is 1. The Morgan fingerprint density at radius 3 is 2.62 bits per heavy atom. The van der Waals surface area contributed by atoms with Crippen LogP contribution < -0.4 is 5.73 Å². The van der Waals surface area contributed by atoms with Gasteiger partial charge >= 0.3 is 0 Å². The Morgan fingerprint density at radius 2 is 2.12 bits per heavy atom. The van der Waals surface area contributed by atoms with Crippen molar-refractivity contribution in [1.29, 1.82) is 0 Å². The third-order valence-electron chi connectivity index (χ3n) is 1.95. The number of nitrogens with zero attached hydrogens (tertiary/aromatic N) is 1. The van der Waals surface area contributed by atoms with Crippen molar-refractivity contribution in [3.63, 3.8) is 0 Å². The van der Waals surface area contributed by atoms with Crippen LogP contribution in [0.3, 0.4) is 0 Å². The van der Waals surface area contributed by atoms with Gasteiger partial charge in [-0.25, -0.2) is 0 Å². The first-order chi connectivity index (χ1) is 7.41. The molecule has 4 nitrogen and oxygen atoms in total. The Kier molecular flexibility index (Phi) is 4.32. The van der Waals surface area contributed by atoms with Crippen LogP contribution in [0, 0.1) is 0 Å². The van der Waals surface area contributed by atoms with Crippen molar-refractivity contribution in [2.45, 2.75) is 4.90 Å². The number of benzene rings is 1. The molecule has 88 valence electrons. The van der Waals surface area contributed by atoms with Gasteiger partial charge in [-0.1, -0.05) is 11.6 Å². The lowest BCUT2D eigenvalue weighted by molar-refractivity contribution is -0.125. The van der Waals surface area contributed by atoms with Crippen LogP contribution in [0.4, 0.5) is 5.69 Å². The number of carbonyl (C=O) groups excluding carboxylic acids is 1. The highest BCUT2D eigenvalue weighted by Crippen LogP contribution is 2.22. The van der Waals surface area contributed by atoms with E-state index in [9.17, 15) is 9.00 Å². The van der Waals surface area contributed by atoms with Gasteiger partial charge in [-0.05, 0) is 18.2 Å². The summed E-state index contributed by atoms with van der Waals surface area (Å²) in [5.41, 5.74) is 6.02. The number of hydrogen-bond acceptors (Lipinski definition) is 3. The van der Waals surface area contributed by atoms with Gasteiger partial charge in [-0.15, -0.1) is 0 Å². The Morgan fingerprint density at radius 1 is 1.50 bits per heavy atom. The fourth-order valence-corrected chi connectivity index (χ4v) is 2.60. The maximum atomic E-state index is 11.8. The molecule has 0 aliphatic carbocycles. The van der Waals surface area contributed by atoms with Crippen molar-refractivity contribution in [2.24, 2.45) is 0 Å². The van der Waals surface area contributed by atoms with E-state index in [-0.39, 0.29) is 11.7 Å². The number of nitrogens with two attached hydrogens (primary N) is 1. The molecule has 0 bridgehead atoms. The zero-order chi connectivity index (χ0) is 12.3. The molecule has 0 aliphatic heterocycles. The van der Waals surface area contributed by atoms with Gasteiger partial charge in [0.1, 0.15) is 5.75 Å². The van der Waals surface area contributed by atoms with E-state index in [0.717, 1.165) is 0 Å². The van der Waals surface area contributed by atoms with E-state index < -0.39 is 10.8 Å². The SMILES string of the molecule is CN(C)C(=O)CS(=O)c1ccc(N)cc1Cl. The van der Waals surface area contributed by atoms with Crippen LogP contribution in [0.5, 0.6) is 0 Å². The number of amides is 1. The zero-order valence-corrected chi connectivity index (χ0v) is 10.6. The van der Waals surface area contributed by atoms with E-state index in [1.807, 2.05) is 0 Å². The summed E-state index contributed by atoms with van der Waals surface area (Å²) < 4.78 is 11.8. The molecule has 1 unspecified atom stereocenters. The highest BCUT2D eigenvalue weighted by atomic mass is 35.5. The number of carbonyl (C=O) groups is 1. The van der Waals surface area contributed by atoms with Crippen molar-refractivity contribution < 1.29 is 9.00 Å². The molecule has 1 aromatic rings. The van der Waals surface area contributed by atoms with Crippen molar-refractivity contribution in [3.05, 3.63) is 23.2 Å². The Hall–Kier alpha value is -1.07. The molecule has 6 heteroatoms. The molecule has 0 aromatic heterocycles. The smallest absolute Gasteiger partial charge is 0.235 e. The van der Waals surface area contributed by atoms with Gasteiger partial charge in [0, 0.05) is 19.8 Å². The van der Waals surface area contributed by atoms with E-state index in [1.165, 1.54) is 11.0 Å². The number of rotatable bonds is 3. The van der Waals surface area contributed by atoms with Crippen LogP contribution in [-0.2, 0) is 15.6 Å². The molecule has 1 rings (SSSR count). The van der Waals surface area contributed by atoms with Crippen LogP contribution in [-0.4, -0.2) is 34.9 Å². The van der Waals surface area contributed by atoms with Gasteiger partial charge in [0.25, 0.3) is 0 Å². The maximum Gasteiger partial charge on any atom is 0.235 e. The summed E-state index contributed by atoms with van der Waals surface area (Å²) in [6, 6.07) is 4.71. The number of halogens is 1. The van der Waals surface area contributed by atoms with Crippen molar-refractivity contribution in [2.75, 3.05) is 25.6 Å². The summed E-state index contributed by atoms with van der Waals surface area (Å²) in [5.74, 6) is -0.275. The van der Waals surface area contributed by atoms with Crippen LogP contribution in [0.2, 0.25) is 5.02 Å². The minimum absolute atomic E-state index is 0.0728. The van der Waals surface area contributed by atoms with E-state index in [4.69, 9.17) is 17.3 Å². The minimum atomic E-state index is -1.43. The summed E-state index contributed by atoms with van der Waals surface area (Å²) in [6.45, 7) is 0. The van der Waals surface area contributed by atoms with Crippen LogP contribution in [0.25, 0.3) is 0 Å². The molecule has 16 heavy (non-hydrogen) atoms. The molecule has 0 fully saturated rings. The van der Waals surface area contributed by atoms with E-state index >= 15 is 0 Å². The van der Waals surface area contributed by atoms with E-state index in [1.54, 1.807) is 26.2 Å². The molecule has 0 aliphatic rings. The summed E-state index contributed by atoms with van der Waals surface area (Å²) in [4.78, 5) is 13.2. The molecule has 1 amide bonds. The highest BCUT2D eigenvalue weighted by Gasteiger charge is 2.14. The monoisotopic (exact) mass is 260 g/mol. The Balaban J connectivity index is 2.85. The molecule has 0 saturated heterocycles. The molecular weight excluding hydrogens is 248 g/mol. The second kappa shape index (κ2) is 5.32. The van der Waals surface area contributed by atoms with Gasteiger partial charge < -0.3 is 10.6 Å². The third-order valence-corrected chi connectivity index (χ3v) is 3.74. The molecular formula is C10H13ClN2O2S. The normalized spacial score (nSPS) is 12.2. The lowest BCUT2D eigenvalue weighted by Gasteiger charge is -2.10. The van der Waals surface area contributed by atoms with Gasteiger partial charge in [-0.3, -0.25) is 9.00 Å². The van der Waals surface area contributed by atoms with Crippen LogP contribution in [0.15, 0.2) is 23.1 Å². The van der Waals surface area contributed by atoms with E-state index in [0.29, 0.717) is 15.6 Å². The summed E-state index contributed by atoms with van der Waals surface area (Å²) in [7, 11) is 1.80. The molecule has 2 N–H and O–H groups in total. The lowest BCUT2D eigenvalue weighted by atomic mass is 10.3. The highest BCUT2D eigenvalue weighted by molar-refractivity contribution is 7.85. The topological polar surface area (TPSA) is 63.4 Å². The lowest BCUT2D eigenvalue weighted by Crippen LogP contribution is -2.27. The second-order valence-electron chi connectivity index (χ2n) is 3.47. The second-order valence-corrected chi connectivity index (χ2v) is 5.29. The quantitative estimate of drug-likeness (QED) is 0.829. The van der Waals surface area contributed by atoms with Gasteiger partial charge in [-0.2, -0.15) is 0 Å². The Bertz CT molecular complexity index is 435. The largest absolute Gasteiger partial charge is 0.399 e. The summed E-state index contributed by atoms with van der Waals surface area (Å²) >= 11 is 5.89. The molecule has 0 saturated carbocycles. The van der Waals surface area contributed by atoms with E-state index in [2.05, 4.69) is 0 Å². The van der Waals surface area contributed by atoms with Crippen molar-refractivity contribution >= 4 is 34.0 Å². The third kappa shape index (κ3) is 3.21. The van der Waals surface area contributed by atoms with Crippen molar-refractivity contribution in [1.82, 2.24) is 4.90 Å². The van der Waals surface area contributed by atoms with Gasteiger partial charge in [0.05, 0.1) is 20.7 Å². The fourth-order valence-electron chi connectivity index (χ4n) is 1.02.